The highest BCUT2D eigenvalue weighted by Crippen LogP contribution is 2.23. The smallest absolute Gasteiger partial charge is 0.218 e. The van der Waals surface area contributed by atoms with Crippen LogP contribution in [0.25, 0.3) is 11.3 Å². The SMILES string of the molecule is Cc1ccccc1-c1ccc(N2CCN(S(=O)(=O)Cc3ccccc3)CC2)nn1. The zero-order valence-corrected chi connectivity index (χ0v) is 17.2. The van der Waals surface area contributed by atoms with E-state index >= 15 is 0 Å². The third kappa shape index (κ3) is 4.46. The second kappa shape index (κ2) is 8.31. The van der Waals surface area contributed by atoms with E-state index in [2.05, 4.69) is 28.1 Å². The summed E-state index contributed by atoms with van der Waals surface area (Å²) in [6.45, 7) is 4.17. The van der Waals surface area contributed by atoms with Crippen LogP contribution in [0.1, 0.15) is 11.1 Å². The fourth-order valence-corrected chi connectivity index (χ4v) is 5.09. The number of sulfonamides is 1. The quantitative estimate of drug-likeness (QED) is 0.649. The summed E-state index contributed by atoms with van der Waals surface area (Å²) in [6.07, 6.45) is 0. The van der Waals surface area contributed by atoms with Crippen LogP contribution in [0, 0.1) is 6.92 Å². The lowest BCUT2D eigenvalue weighted by atomic mass is 10.1. The molecule has 2 aromatic carbocycles. The topological polar surface area (TPSA) is 66.4 Å². The van der Waals surface area contributed by atoms with E-state index < -0.39 is 10.0 Å². The van der Waals surface area contributed by atoms with Gasteiger partial charge in [0.25, 0.3) is 0 Å². The molecule has 6 nitrogen and oxygen atoms in total. The van der Waals surface area contributed by atoms with Crippen molar-refractivity contribution in [2.75, 3.05) is 31.1 Å². The Bertz CT molecular complexity index is 1060. The van der Waals surface area contributed by atoms with Gasteiger partial charge in [0, 0.05) is 31.7 Å². The largest absolute Gasteiger partial charge is 0.352 e. The van der Waals surface area contributed by atoms with Gasteiger partial charge in [-0.1, -0.05) is 54.6 Å². The minimum absolute atomic E-state index is 0.0404. The van der Waals surface area contributed by atoms with Crippen molar-refractivity contribution in [3.63, 3.8) is 0 Å². The maximum absolute atomic E-state index is 12.7. The van der Waals surface area contributed by atoms with Crippen LogP contribution in [0.3, 0.4) is 0 Å². The van der Waals surface area contributed by atoms with Crippen molar-refractivity contribution in [1.29, 1.82) is 0 Å². The molecule has 7 heteroatoms. The Labute approximate surface area is 171 Å². The summed E-state index contributed by atoms with van der Waals surface area (Å²) < 4.78 is 27.0. The minimum atomic E-state index is -3.32. The predicted octanol–water partition coefficient (Wildman–Crippen LogP) is 3.10. The number of anilines is 1. The molecule has 0 aliphatic carbocycles. The maximum Gasteiger partial charge on any atom is 0.218 e. The number of hydrogen-bond donors (Lipinski definition) is 0. The summed E-state index contributed by atoms with van der Waals surface area (Å²) in [6, 6.07) is 21.3. The van der Waals surface area contributed by atoms with Gasteiger partial charge >= 0.3 is 0 Å². The summed E-state index contributed by atoms with van der Waals surface area (Å²) in [5.74, 6) is 0.820. The third-order valence-corrected chi connectivity index (χ3v) is 7.07. The van der Waals surface area contributed by atoms with Gasteiger partial charge in [-0.05, 0) is 30.2 Å². The Balaban J connectivity index is 1.40. The molecule has 0 atom stereocenters. The average Bonchev–Trinajstić information content (AvgIpc) is 2.75. The first-order chi connectivity index (χ1) is 14.0. The first kappa shape index (κ1) is 19.5. The number of benzene rings is 2. The average molecular weight is 409 g/mol. The van der Waals surface area contributed by atoms with E-state index in [1.165, 1.54) is 0 Å². The molecule has 0 N–H and O–H groups in total. The molecule has 0 amide bonds. The summed E-state index contributed by atoms with van der Waals surface area (Å²) in [5, 5.41) is 8.77. The highest BCUT2D eigenvalue weighted by atomic mass is 32.2. The Morgan fingerprint density at radius 2 is 1.52 bits per heavy atom. The van der Waals surface area contributed by atoms with E-state index in [1.807, 2.05) is 60.7 Å². The first-order valence-corrected chi connectivity index (χ1v) is 11.3. The van der Waals surface area contributed by atoms with Gasteiger partial charge in [-0.25, -0.2) is 8.42 Å². The van der Waals surface area contributed by atoms with Gasteiger partial charge in [-0.15, -0.1) is 10.2 Å². The first-order valence-electron chi connectivity index (χ1n) is 9.69. The maximum atomic E-state index is 12.7. The minimum Gasteiger partial charge on any atom is -0.352 e. The van der Waals surface area contributed by atoms with Crippen LogP contribution < -0.4 is 4.90 Å². The normalized spacial score (nSPS) is 15.4. The molecule has 1 aliphatic heterocycles. The zero-order valence-electron chi connectivity index (χ0n) is 16.4. The monoisotopic (exact) mass is 408 g/mol. The molecule has 0 bridgehead atoms. The molecule has 2 heterocycles. The van der Waals surface area contributed by atoms with Gasteiger partial charge in [0.2, 0.25) is 10.0 Å². The lowest BCUT2D eigenvalue weighted by molar-refractivity contribution is 0.383. The van der Waals surface area contributed by atoms with Crippen molar-refractivity contribution >= 4 is 15.8 Å². The second-order valence-corrected chi connectivity index (χ2v) is 9.19. The predicted molar refractivity (Wildman–Crippen MR) is 115 cm³/mol. The molecule has 0 radical (unpaired) electrons. The van der Waals surface area contributed by atoms with Crippen LogP contribution in [0.2, 0.25) is 0 Å². The molecule has 3 aromatic rings. The lowest BCUT2D eigenvalue weighted by Crippen LogP contribution is -2.49. The molecule has 1 saturated heterocycles. The van der Waals surface area contributed by atoms with Gasteiger partial charge in [-0.3, -0.25) is 0 Å². The van der Waals surface area contributed by atoms with Gasteiger partial charge in [0.05, 0.1) is 11.4 Å². The standard InChI is InChI=1S/C22H24N4O2S/c1-18-7-5-6-10-20(18)21-11-12-22(24-23-21)25-13-15-26(16-14-25)29(27,28)17-19-8-3-2-4-9-19/h2-12H,13-17H2,1H3. The number of rotatable bonds is 5. The van der Waals surface area contributed by atoms with Crippen LogP contribution in [-0.4, -0.2) is 49.1 Å². The van der Waals surface area contributed by atoms with Crippen LogP contribution in [0.4, 0.5) is 5.82 Å². The summed E-state index contributed by atoms with van der Waals surface area (Å²) in [5.41, 5.74) is 3.89. The number of aryl methyl sites for hydroxylation is 1. The molecular formula is C22H24N4O2S. The van der Waals surface area contributed by atoms with Crippen molar-refractivity contribution in [2.24, 2.45) is 0 Å². The fourth-order valence-electron chi connectivity index (χ4n) is 3.57. The highest BCUT2D eigenvalue weighted by molar-refractivity contribution is 7.88. The molecular weight excluding hydrogens is 384 g/mol. The number of hydrogen-bond acceptors (Lipinski definition) is 5. The van der Waals surface area contributed by atoms with Crippen molar-refractivity contribution in [2.45, 2.75) is 12.7 Å². The third-order valence-electron chi connectivity index (χ3n) is 5.22. The highest BCUT2D eigenvalue weighted by Gasteiger charge is 2.27. The Morgan fingerprint density at radius 1 is 0.828 bits per heavy atom. The van der Waals surface area contributed by atoms with Crippen LogP contribution in [0.15, 0.2) is 66.7 Å². The second-order valence-electron chi connectivity index (χ2n) is 7.22. The van der Waals surface area contributed by atoms with Crippen LogP contribution in [-0.2, 0) is 15.8 Å². The van der Waals surface area contributed by atoms with Crippen molar-refractivity contribution < 1.29 is 8.42 Å². The molecule has 1 aromatic heterocycles. The molecule has 0 spiro atoms. The van der Waals surface area contributed by atoms with E-state index in [-0.39, 0.29) is 5.75 Å². The van der Waals surface area contributed by atoms with Gasteiger partial charge in [-0.2, -0.15) is 4.31 Å². The van der Waals surface area contributed by atoms with E-state index in [0.717, 1.165) is 28.2 Å². The van der Waals surface area contributed by atoms with Crippen molar-refractivity contribution in [1.82, 2.24) is 14.5 Å². The van der Waals surface area contributed by atoms with Gasteiger partial charge in [0.15, 0.2) is 5.82 Å². The Hall–Kier alpha value is -2.77. The Kier molecular flexibility index (Phi) is 5.60. The number of aromatic nitrogens is 2. The van der Waals surface area contributed by atoms with Gasteiger partial charge < -0.3 is 4.90 Å². The summed E-state index contributed by atoms with van der Waals surface area (Å²) >= 11 is 0. The van der Waals surface area contributed by atoms with Crippen molar-refractivity contribution in [3.8, 4) is 11.3 Å². The van der Waals surface area contributed by atoms with Crippen molar-refractivity contribution in [3.05, 3.63) is 77.9 Å². The lowest BCUT2D eigenvalue weighted by Gasteiger charge is -2.34. The molecule has 0 unspecified atom stereocenters. The van der Waals surface area contributed by atoms with E-state index in [9.17, 15) is 8.42 Å². The zero-order chi connectivity index (χ0) is 20.3. The Morgan fingerprint density at radius 3 is 2.17 bits per heavy atom. The molecule has 1 aliphatic rings. The van der Waals surface area contributed by atoms with Gasteiger partial charge in [0.1, 0.15) is 0 Å². The number of nitrogens with zero attached hydrogens (tertiary/aromatic N) is 4. The summed E-state index contributed by atoms with van der Waals surface area (Å²) in [4.78, 5) is 2.09. The number of piperazine rings is 1. The van der Waals surface area contributed by atoms with Crippen LogP contribution in [0.5, 0.6) is 0 Å². The molecule has 150 valence electrons. The molecule has 4 rings (SSSR count). The molecule has 1 fully saturated rings. The molecule has 0 saturated carbocycles. The van der Waals surface area contributed by atoms with Crippen LogP contribution >= 0.6 is 0 Å². The summed E-state index contributed by atoms with van der Waals surface area (Å²) in [7, 11) is -3.32. The molecule has 29 heavy (non-hydrogen) atoms. The van der Waals surface area contributed by atoms with E-state index in [0.29, 0.717) is 26.2 Å². The van der Waals surface area contributed by atoms with E-state index in [1.54, 1.807) is 4.31 Å². The fraction of sp³-hybridized carbons (Fsp3) is 0.273. The van der Waals surface area contributed by atoms with E-state index in [4.69, 9.17) is 0 Å².